The van der Waals surface area contributed by atoms with Crippen LogP contribution in [-0.2, 0) is 22.7 Å². The van der Waals surface area contributed by atoms with Gasteiger partial charge in [0.2, 0.25) is 5.91 Å². The van der Waals surface area contributed by atoms with Gasteiger partial charge in [-0.15, -0.1) is 5.10 Å². The molecule has 1 amide bonds. The quantitative estimate of drug-likeness (QED) is 0.0818. The first-order valence-corrected chi connectivity index (χ1v) is 19.0. The van der Waals surface area contributed by atoms with Crippen LogP contribution in [0.15, 0.2) is 66.9 Å². The minimum Gasteiger partial charge on any atom is -0.494 e. The molecular formula is C40H49N11O4. The minimum absolute atomic E-state index is 0.0334. The van der Waals surface area contributed by atoms with Crippen LogP contribution in [0.25, 0.3) is 44.8 Å². The lowest BCUT2D eigenvalue weighted by Gasteiger charge is -2.34. The van der Waals surface area contributed by atoms with Gasteiger partial charge >= 0.3 is 5.97 Å². The second kappa shape index (κ2) is 17.1. The van der Waals surface area contributed by atoms with E-state index < -0.39 is 12.0 Å². The number of carbonyl (C=O) groups excluding carboxylic acids is 1. The van der Waals surface area contributed by atoms with Gasteiger partial charge in [0.05, 0.1) is 34.4 Å². The third kappa shape index (κ3) is 9.48. The maximum atomic E-state index is 12.4. The molecule has 1 aliphatic rings. The van der Waals surface area contributed by atoms with Crippen molar-refractivity contribution in [3.8, 4) is 28.5 Å². The normalized spacial score (nSPS) is 14.2. The average Bonchev–Trinajstić information content (AvgIpc) is 3.93. The lowest BCUT2D eigenvalue weighted by Crippen LogP contribution is -2.44. The van der Waals surface area contributed by atoms with Crippen molar-refractivity contribution in [2.45, 2.75) is 52.2 Å². The molecule has 0 bridgehead atoms. The van der Waals surface area contributed by atoms with Crippen molar-refractivity contribution in [1.29, 1.82) is 0 Å². The molecule has 0 saturated carbocycles. The number of fused-ring (bicyclic) bond motifs is 2. The highest BCUT2D eigenvalue weighted by atomic mass is 16.5. The number of aryl methyl sites for hydroxylation is 1. The Hall–Kier alpha value is -5.80. The first-order chi connectivity index (χ1) is 26.7. The van der Waals surface area contributed by atoms with Gasteiger partial charge in [-0.1, -0.05) is 31.2 Å². The number of hydrogen-bond acceptors (Lipinski definition) is 10. The van der Waals surface area contributed by atoms with Crippen LogP contribution in [0.5, 0.6) is 5.75 Å². The standard InChI is InChI=1S/C40H49N11O4/c1-26(2)37(40(53)54)42-24-29-25-51(48-47-29)15-6-14-41-36(52)9-5-20-55-31-8-4-7-27(21-31)38-43-32-12-10-28(22-34(32)45-38)39-44-33-13-11-30(23-35(33)46-39)50-18-16-49(3)17-19-50/h4,7-8,10-13,21-23,25-26,37,42H,5-6,9,14-20,24H2,1-3H3,(H,41,52)(H,43,45)(H,44,46)(H,53,54)/t37-/m0/s1. The third-order valence-electron chi connectivity index (χ3n) is 9.92. The number of carboxylic acid groups (broad SMARTS) is 1. The summed E-state index contributed by atoms with van der Waals surface area (Å²) in [5.74, 6) is 1.31. The number of rotatable bonds is 17. The van der Waals surface area contributed by atoms with Crippen molar-refractivity contribution in [1.82, 2.24) is 50.5 Å². The van der Waals surface area contributed by atoms with E-state index >= 15 is 0 Å². The number of imidazole rings is 2. The molecule has 3 aromatic heterocycles. The molecule has 0 unspecified atom stereocenters. The molecule has 15 nitrogen and oxygen atoms in total. The van der Waals surface area contributed by atoms with Crippen LogP contribution in [0, 0.1) is 5.92 Å². The maximum Gasteiger partial charge on any atom is 0.320 e. The predicted molar refractivity (Wildman–Crippen MR) is 212 cm³/mol. The zero-order valence-electron chi connectivity index (χ0n) is 31.6. The van der Waals surface area contributed by atoms with E-state index in [1.165, 1.54) is 5.69 Å². The Balaban J connectivity index is 0.856. The summed E-state index contributed by atoms with van der Waals surface area (Å²) < 4.78 is 7.70. The fraction of sp³-hybridized carbons (Fsp3) is 0.400. The molecule has 15 heteroatoms. The molecule has 7 rings (SSSR count). The van der Waals surface area contributed by atoms with E-state index in [1.807, 2.05) is 50.2 Å². The topological polar surface area (TPSA) is 182 Å². The first kappa shape index (κ1) is 37.5. The fourth-order valence-electron chi connectivity index (χ4n) is 6.75. The van der Waals surface area contributed by atoms with Crippen molar-refractivity contribution in [2.24, 2.45) is 5.92 Å². The van der Waals surface area contributed by atoms with Crippen LogP contribution in [-0.4, -0.2) is 109 Å². The molecule has 5 N–H and O–H groups in total. The Labute approximate surface area is 319 Å². The second-order valence-corrected chi connectivity index (χ2v) is 14.5. The molecule has 4 heterocycles. The van der Waals surface area contributed by atoms with Gasteiger partial charge in [0.1, 0.15) is 23.4 Å². The van der Waals surface area contributed by atoms with Crippen molar-refractivity contribution in [3.63, 3.8) is 0 Å². The van der Waals surface area contributed by atoms with Crippen LogP contribution < -0.4 is 20.3 Å². The minimum atomic E-state index is -0.886. The summed E-state index contributed by atoms with van der Waals surface area (Å²) in [5.41, 5.74) is 7.52. The van der Waals surface area contributed by atoms with Crippen molar-refractivity contribution < 1.29 is 19.4 Å². The Morgan fingerprint density at radius 1 is 0.909 bits per heavy atom. The molecule has 1 fully saturated rings. The number of nitrogens with one attached hydrogen (secondary N) is 4. The van der Waals surface area contributed by atoms with E-state index in [-0.39, 0.29) is 11.8 Å². The number of carboxylic acids is 1. The van der Waals surface area contributed by atoms with Crippen molar-refractivity contribution in [3.05, 3.63) is 72.6 Å². The van der Waals surface area contributed by atoms with Crippen LogP contribution >= 0.6 is 0 Å². The Morgan fingerprint density at radius 3 is 2.38 bits per heavy atom. The SMILES string of the molecule is CC(C)[C@H](NCc1cn(CCCNC(=O)CCCOc2cccc(-c3nc4ccc(-c5nc6ccc(N7CCN(C)CC7)cc6[nH]5)cc4[nH]3)c2)nn1)C(=O)O. The van der Waals surface area contributed by atoms with Crippen LogP contribution in [0.1, 0.15) is 38.8 Å². The first-order valence-electron chi connectivity index (χ1n) is 19.0. The lowest BCUT2D eigenvalue weighted by molar-refractivity contribution is -0.140. The fourth-order valence-corrected chi connectivity index (χ4v) is 6.75. The highest BCUT2D eigenvalue weighted by molar-refractivity contribution is 5.87. The molecule has 55 heavy (non-hydrogen) atoms. The van der Waals surface area contributed by atoms with E-state index in [4.69, 9.17) is 14.7 Å². The summed E-state index contributed by atoms with van der Waals surface area (Å²) in [7, 11) is 2.17. The number of nitrogens with zero attached hydrogens (tertiary/aromatic N) is 7. The van der Waals surface area contributed by atoms with E-state index in [1.54, 1.807) is 10.9 Å². The number of H-pyrrole nitrogens is 2. The lowest BCUT2D eigenvalue weighted by atomic mass is 10.1. The second-order valence-electron chi connectivity index (χ2n) is 14.5. The van der Waals surface area contributed by atoms with Gasteiger partial charge < -0.3 is 34.9 Å². The molecule has 0 spiro atoms. The molecule has 1 aliphatic heterocycles. The zero-order valence-corrected chi connectivity index (χ0v) is 31.6. The molecule has 6 aromatic rings. The number of aliphatic carboxylic acids is 1. The van der Waals surface area contributed by atoms with E-state index in [0.29, 0.717) is 56.9 Å². The highest BCUT2D eigenvalue weighted by Gasteiger charge is 2.21. The molecule has 1 saturated heterocycles. The van der Waals surface area contributed by atoms with Gasteiger partial charge in [0, 0.05) is 75.2 Å². The molecule has 0 radical (unpaired) electrons. The van der Waals surface area contributed by atoms with Gasteiger partial charge in [-0.3, -0.25) is 19.6 Å². The number of aromatic amines is 2. The molecule has 3 aromatic carbocycles. The van der Waals surface area contributed by atoms with Crippen LogP contribution in [0.2, 0.25) is 0 Å². The van der Waals surface area contributed by atoms with Gasteiger partial charge in [0.15, 0.2) is 0 Å². The number of benzene rings is 3. The number of carbonyl (C=O) groups is 2. The van der Waals surface area contributed by atoms with E-state index in [0.717, 1.165) is 71.0 Å². The summed E-state index contributed by atoms with van der Waals surface area (Å²) in [5, 5.41) is 23.5. The number of ether oxygens (including phenoxy) is 1. The zero-order chi connectivity index (χ0) is 38.3. The molecular weight excluding hydrogens is 699 g/mol. The van der Waals surface area contributed by atoms with Crippen LogP contribution in [0.4, 0.5) is 5.69 Å². The predicted octanol–water partition coefficient (Wildman–Crippen LogP) is 4.68. The number of aromatic nitrogens is 7. The van der Waals surface area contributed by atoms with Crippen LogP contribution in [0.3, 0.4) is 0 Å². The van der Waals surface area contributed by atoms with E-state index in [2.05, 4.69) is 72.0 Å². The average molecular weight is 748 g/mol. The van der Waals surface area contributed by atoms with Crippen molar-refractivity contribution in [2.75, 3.05) is 51.3 Å². The number of likely N-dealkylation sites (N-methyl/N-ethyl adjacent to an activating group) is 1. The molecule has 288 valence electrons. The molecule has 0 aliphatic carbocycles. The van der Waals surface area contributed by atoms with Gasteiger partial charge in [-0.25, -0.2) is 9.97 Å². The summed E-state index contributed by atoms with van der Waals surface area (Å²) >= 11 is 0. The Bertz CT molecular complexity index is 2230. The van der Waals surface area contributed by atoms with Gasteiger partial charge in [0.25, 0.3) is 0 Å². The van der Waals surface area contributed by atoms with Gasteiger partial charge in [-0.2, -0.15) is 0 Å². The maximum absolute atomic E-state index is 12.4. The largest absolute Gasteiger partial charge is 0.494 e. The summed E-state index contributed by atoms with van der Waals surface area (Å²) in [6, 6.07) is 19.7. The third-order valence-corrected chi connectivity index (χ3v) is 9.92. The molecule has 1 atom stereocenters. The van der Waals surface area contributed by atoms with Crippen molar-refractivity contribution >= 4 is 39.6 Å². The summed E-state index contributed by atoms with van der Waals surface area (Å²) in [4.78, 5) is 45.3. The smallest absolute Gasteiger partial charge is 0.320 e. The number of anilines is 1. The number of hydrogen-bond donors (Lipinski definition) is 5. The number of piperazine rings is 1. The van der Waals surface area contributed by atoms with E-state index in [9.17, 15) is 14.7 Å². The highest BCUT2D eigenvalue weighted by Crippen LogP contribution is 2.29. The monoisotopic (exact) mass is 747 g/mol. The summed E-state index contributed by atoms with van der Waals surface area (Å²) in [6.07, 6.45) is 3.41. The Kier molecular flexibility index (Phi) is 11.7. The van der Waals surface area contributed by atoms with Gasteiger partial charge in [-0.05, 0) is 74.3 Å². The summed E-state index contributed by atoms with van der Waals surface area (Å²) in [6.45, 7) is 9.71. The number of amides is 1. The Morgan fingerprint density at radius 2 is 1.64 bits per heavy atom.